The molecule has 0 amide bonds. The topological polar surface area (TPSA) is 351 Å². The highest BCUT2D eigenvalue weighted by atomic mass is 16.5. The summed E-state index contributed by atoms with van der Waals surface area (Å²) >= 11 is 0. The first kappa shape index (κ1) is 75.5. The Labute approximate surface area is 669 Å². The van der Waals surface area contributed by atoms with E-state index in [4.69, 9.17) is 36.9 Å². The molecule has 582 valence electrons. The zero-order chi connectivity index (χ0) is 80.1. The minimum Gasteiger partial charge on any atom is -0.495 e. The van der Waals surface area contributed by atoms with Crippen LogP contribution in [0.1, 0.15) is 33.6 Å². The van der Waals surface area contributed by atoms with E-state index in [9.17, 15) is 15.8 Å². The number of nitriles is 3. The van der Waals surface area contributed by atoms with Gasteiger partial charge < -0.3 is 41.5 Å². The lowest BCUT2D eigenvalue weighted by molar-refractivity contribution is 0.246. The van der Waals surface area contributed by atoms with Crippen LogP contribution in [-0.2, 0) is 40.8 Å². The average Bonchev–Trinajstić information content (AvgIpc) is 1.64. The van der Waals surface area contributed by atoms with Crippen LogP contribution < -0.4 is 41.5 Å². The first-order chi connectivity index (χ1) is 56.5. The van der Waals surface area contributed by atoms with Crippen molar-refractivity contribution in [1.29, 1.82) is 15.8 Å². The Balaban J connectivity index is 0.000000131. The summed E-state index contributed by atoms with van der Waals surface area (Å²) in [5, 5.41) is 55.5. The van der Waals surface area contributed by atoms with Crippen molar-refractivity contribution in [3.63, 3.8) is 0 Å². The van der Waals surface area contributed by atoms with Crippen LogP contribution in [0.4, 0.5) is 40.6 Å². The van der Waals surface area contributed by atoms with Gasteiger partial charge in [0.05, 0.1) is 59.8 Å². The van der Waals surface area contributed by atoms with Gasteiger partial charge in [-0.15, -0.1) is 15.3 Å². The van der Waals surface area contributed by atoms with E-state index in [1.54, 1.807) is 53.3 Å². The Morgan fingerprint density at radius 1 is 0.388 bits per heavy atom. The summed E-state index contributed by atoms with van der Waals surface area (Å²) in [6.45, 7) is 13.7. The molecule has 15 aromatic rings. The largest absolute Gasteiger partial charge is 0.495 e. The Morgan fingerprint density at radius 2 is 0.767 bits per heavy atom. The van der Waals surface area contributed by atoms with Gasteiger partial charge in [-0.1, -0.05) is 18.2 Å². The molecule has 3 aliphatic rings. The molecular formula is C85H86N30O. The molecule has 0 saturated carbocycles. The monoisotopic (exact) mass is 1540 g/mol. The van der Waals surface area contributed by atoms with Gasteiger partial charge in [0.25, 0.3) is 0 Å². The third-order valence-electron chi connectivity index (χ3n) is 21.4. The van der Waals surface area contributed by atoms with Gasteiger partial charge in [0.1, 0.15) is 58.1 Å². The molecule has 3 fully saturated rings. The number of fused-ring (bicyclic) bond motifs is 3. The number of piperazine rings is 3. The van der Waals surface area contributed by atoms with Gasteiger partial charge >= 0.3 is 0 Å². The lowest BCUT2D eigenvalue weighted by Gasteiger charge is -2.35. The molecule has 31 nitrogen and oxygen atoms in total. The summed E-state index contributed by atoms with van der Waals surface area (Å²) in [5.41, 5.74) is 36.9. The zero-order valence-corrected chi connectivity index (χ0v) is 65.3. The van der Waals surface area contributed by atoms with Gasteiger partial charge in [-0.25, -0.2) is 28.5 Å². The molecule has 0 unspecified atom stereocenters. The second-order valence-corrected chi connectivity index (χ2v) is 29.2. The van der Waals surface area contributed by atoms with Gasteiger partial charge in [0.2, 0.25) is 0 Å². The van der Waals surface area contributed by atoms with Gasteiger partial charge in [-0.3, -0.25) is 38.7 Å². The maximum atomic E-state index is 9.80. The maximum Gasteiger partial charge on any atom is 0.164 e. The van der Waals surface area contributed by atoms with E-state index in [0.717, 1.165) is 200 Å². The number of nitrogens with zero attached hydrogens (tertiary/aromatic N) is 27. The van der Waals surface area contributed by atoms with Crippen molar-refractivity contribution >= 4 is 57.1 Å². The number of methoxy groups -OCH3 is 1. The number of rotatable bonds is 17. The van der Waals surface area contributed by atoms with Crippen molar-refractivity contribution in [2.24, 2.45) is 21.1 Å². The molecule has 116 heavy (non-hydrogen) atoms. The Bertz CT molecular complexity index is 6110. The summed E-state index contributed by atoms with van der Waals surface area (Å²) < 4.78 is 15.5. The molecule has 0 bridgehead atoms. The molecular weight excluding hydrogens is 1460 g/mol. The summed E-state index contributed by atoms with van der Waals surface area (Å²) in [5.74, 6) is 4.20. The van der Waals surface area contributed by atoms with Gasteiger partial charge in [0, 0.05) is 268 Å². The molecule has 0 aliphatic carbocycles. The van der Waals surface area contributed by atoms with Crippen molar-refractivity contribution in [3.05, 3.63) is 230 Å². The van der Waals surface area contributed by atoms with Crippen LogP contribution >= 0.6 is 0 Å². The van der Waals surface area contributed by atoms with Crippen LogP contribution in [-0.4, -0.2) is 198 Å². The molecule has 0 atom stereocenters. The molecule has 3 saturated heterocycles. The maximum absolute atomic E-state index is 9.80. The molecule has 6 N–H and O–H groups in total. The summed E-state index contributed by atoms with van der Waals surface area (Å²) in [4.78, 5) is 39.7. The highest BCUT2D eigenvalue weighted by molar-refractivity contribution is 5.93. The van der Waals surface area contributed by atoms with Crippen molar-refractivity contribution in [3.8, 4) is 90.7 Å². The lowest BCUT2D eigenvalue weighted by atomic mass is 10.0. The Hall–Kier alpha value is -14.6. The number of hydrogen-bond acceptors (Lipinski definition) is 25. The number of aryl methyl sites for hydroxylation is 3. The number of hydrogen-bond donors (Lipinski definition) is 3. The molecule has 1 aromatic carbocycles. The first-order valence-corrected chi connectivity index (χ1v) is 38.1. The third-order valence-corrected chi connectivity index (χ3v) is 21.4. The predicted molar refractivity (Wildman–Crippen MR) is 448 cm³/mol. The van der Waals surface area contributed by atoms with Crippen LogP contribution in [0.2, 0.25) is 0 Å². The van der Waals surface area contributed by atoms with Crippen molar-refractivity contribution < 1.29 is 4.74 Å². The Kier molecular flexibility index (Phi) is 21.5. The summed E-state index contributed by atoms with van der Waals surface area (Å²) in [6.07, 6.45) is 26.1. The molecule has 17 heterocycles. The van der Waals surface area contributed by atoms with E-state index >= 15 is 0 Å². The van der Waals surface area contributed by atoms with E-state index in [0.29, 0.717) is 33.2 Å². The highest BCUT2D eigenvalue weighted by Crippen LogP contribution is 2.38. The Morgan fingerprint density at radius 3 is 1.07 bits per heavy atom. The van der Waals surface area contributed by atoms with E-state index in [1.807, 2.05) is 144 Å². The van der Waals surface area contributed by atoms with Crippen LogP contribution in [0.25, 0.3) is 83.3 Å². The van der Waals surface area contributed by atoms with Crippen molar-refractivity contribution in [2.75, 3.05) is 137 Å². The number of benzene rings is 1. The molecule has 31 heteroatoms. The van der Waals surface area contributed by atoms with E-state index in [1.165, 1.54) is 11.3 Å². The van der Waals surface area contributed by atoms with Gasteiger partial charge in [-0.2, -0.15) is 31.1 Å². The molecule has 3 aliphatic heterocycles. The van der Waals surface area contributed by atoms with Gasteiger partial charge in [-0.05, 0) is 96.6 Å². The fraction of sp³-hybridized carbons (Fsp3) is 0.247. The lowest BCUT2D eigenvalue weighted by Crippen LogP contribution is -2.46. The second kappa shape index (κ2) is 33.0. The molecule has 0 spiro atoms. The minimum atomic E-state index is 0.203. The second-order valence-electron chi connectivity index (χ2n) is 29.2. The van der Waals surface area contributed by atoms with Crippen LogP contribution in [0.5, 0.6) is 5.75 Å². The predicted octanol–water partition coefficient (Wildman–Crippen LogP) is 9.58. The van der Waals surface area contributed by atoms with E-state index < -0.39 is 0 Å². The number of nitrogens with two attached hydrogens (primary N) is 3. The van der Waals surface area contributed by atoms with Crippen LogP contribution in [0.3, 0.4) is 0 Å². The fourth-order valence-electron chi connectivity index (χ4n) is 15.1. The van der Waals surface area contributed by atoms with Crippen molar-refractivity contribution in [2.45, 2.75) is 19.6 Å². The average molecular weight is 1540 g/mol. The van der Waals surface area contributed by atoms with E-state index in [2.05, 4.69) is 162 Å². The standard InChI is InChI=1S/C30H32N10.C28H28N10O.C27H26N10/c1-36(2)25-7-4-21(5-8-25)18-38-10-12-39(13-11-38)28-9-6-22(16-33-28)26-14-23(24-17-34-37(3)19-24)20-40-29(26)27(15-31)30(32)35-40;1-35-16-21(14-33-35)20-11-24(27-25(12-29)28(30)34-38(27)17-20)19-3-6-26(32-13-19)37-9-7-36(8-10-37)18-22-4-5-23(39-2)15-31-22;1-34-16-21(15-32-34)20-12-23(26-24(13-28)27(29)33-37(26)17-20)19-5-6-25(31-14-19)36-10-8-35(9-11-36)18-22-4-2-3-7-30-22/h4-9,14,16-17,19-20H,10-13,18H2,1-3H3,(H2,32,35);3-6,11,13-17H,7-10,18H2,1-2H3,(H2,30,34);2-7,12,14-17H,8-11,18H2,1H3,(H2,29,33). The minimum absolute atomic E-state index is 0.203. The number of aromatic nitrogens is 17. The SMILES string of the molecule is CN(C)c1ccc(CN2CCN(c3ccc(-c4cc(-c5cnn(C)c5)cn5nc(N)c(C#N)c45)cn3)CC2)cc1.COc1ccc(CN2CCN(c3ccc(-c4cc(-c5cnn(C)c5)cn5nc(N)c(C#N)c45)cn3)CC2)nc1.Cn1cc(-c2cc(-c3ccc(N4CCN(Cc5ccccn5)CC4)nc3)c3c(C#N)c(N)nn3c2)cn1. The third kappa shape index (κ3) is 16.1. The van der Waals surface area contributed by atoms with Gasteiger partial charge in [0.15, 0.2) is 17.5 Å². The normalized spacial score (nSPS) is 14.1. The number of anilines is 7. The number of nitrogen functional groups attached to an aromatic ring is 3. The molecule has 14 aromatic heterocycles. The smallest absolute Gasteiger partial charge is 0.164 e. The summed E-state index contributed by atoms with van der Waals surface area (Å²) in [6, 6.07) is 43.9. The first-order valence-electron chi connectivity index (χ1n) is 38.1. The molecule has 0 radical (unpaired) electrons. The van der Waals surface area contributed by atoms with Crippen LogP contribution in [0.15, 0.2) is 196 Å². The number of pyridine rings is 8. The van der Waals surface area contributed by atoms with Crippen molar-refractivity contribution in [1.82, 2.24) is 97.8 Å². The summed E-state index contributed by atoms with van der Waals surface area (Å²) in [7, 11) is 11.4. The van der Waals surface area contributed by atoms with E-state index in [-0.39, 0.29) is 17.5 Å². The van der Waals surface area contributed by atoms with Crippen LogP contribution in [0, 0.1) is 34.0 Å². The number of ether oxygens (including phenoxy) is 1. The zero-order valence-electron chi connectivity index (χ0n) is 65.3. The fourth-order valence-corrected chi connectivity index (χ4v) is 15.1. The molecule has 18 rings (SSSR count). The quantitative estimate of drug-likeness (QED) is 0.0763. The highest BCUT2D eigenvalue weighted by Gasteiger charge is 2.26.